The van der Waals surface area contributed by atoms with Gasteiger partial charge in [0.05, 0.1) is 19.8 Å². The number of aliphatic carboxylic acids is 1. The van der Waals surface area contributed by atoms with Crippen molar-refractivity contribution in [3.05, 3.63) is 22.5 Å². The average Bonchev–Trinajstić information content (AvgIpc) is 2.51. The molecular weight excluding hydrogens is 307 g/mol. The van der Waals surface area contributed by atoms with Gasteiger partial charge in [0.15, 0.2) is 17.3 Å². The van der Waals surface area contributed by atoms with Crippen LogP contribution in [0.25, 0.3) is 0 Å². The number of methoxy groups -OCH3 is 2. The third kappa shape index (κ3) is 4.32. The normalized spacial score (nSPS) is 11.1. The molecule has 8 heteroatoms. The number of ether oxygens (including phenoxy) is 2. The molecule has 1 amide bonds. The number of carboxylic acid groups (broad SMARTS) is 1. The summed E-state index contributed by atoms with van der Waals surface area (Å²) in [7, 11) is 2.52. The Balaban J connectivity index is 0.00000232. The van der Waals surface area contributed by atoms with Gasteiger partial charge in [0.25, 0.3) is 0 Å². The minimum atomic E-state index is -1.38. The Morgan fingerprint density at radius 2 is 1.70 bits per heavy atom. The molecule has 0 aliphatic heterocycles. The first-order valence-corrected chi connectivity index (χ1v) is 6.97. The molecular formula is C15H23FN2O5. The maximum Gasteiger partial charge on any atom is 0.320 e. The van der Waals surface area contributed by atoms with E-state index in [1.807, 2.05) is 13.8 Å². The Morgan fingerprint density at radius 1 is 1.22 bits per heavy atom. The van der Waals surface area contributed by atoms with E-state index in [9.17, 15) is 14.0 Å². The minimum absolute atomic E-state index is 0.0245. The monoisotopic (exact) mass is 330 g/mol. The van der Waals surface area contributed by atoms with Crippen molar-refractivity contribution in [2.75, 3.05) is 14.2 Å². The standard InChI is InChI=1S/C13H17FN2O5.C2H6/c1-5-8(12(16)17)6(4-7(15)13(18)19)9(14)11(21-3)10(5)20-2;1-2/h7H,4,15H2,1-3H3,(H2,16,17)(H,18,19);1-2H3. The molecule has 0 heterocycles. The van der Waals surface area contributed by atoms with Gasteiger partial charge >= 0.3 is 5.97 Å². The van der Waals surface area contributed by atoms with Gasteiger partial charge in [-0.05, 0) is 6.92 Å². The Kier molecular flexibility index (Phi) is 8.03. The molecule has 1 aromatic rings. The van der Waals surface area contributed by atoms with E-state index in [1.165, 1.54) is 21.1 Å². The van der Waals surface area contributed by atoms with Crippen LogP contribution in [0.15, 0.2) is 0 Å². The molecule has 7 nitrogen and oxygen atoms in total. The van der Waals surface area contributed by atoms with Crippen molar-refractivity contribution in [1.82, 2.24) is 0 Å². The molecule has 0 radical (unpaired) electrons. The first-order valence-electron chi connectivity index (χ1n) is 6.97. The van der Waals surface area contributed by atoms with Crippen LogP contribution in [-0.4, -0.2) is 37.2 Å². The van der Waals surface area contributed by atoms with Crippen molar-refractivity contribution in [3.8, 4) is 11.5 Å². The second-order valence-corrected chi connectivity index (χ2v) is 4.37. The van der Waals surface area contributed by atoms with Crippen LogP contribution in [-0.2, 0) is 11.2 Å². The van der Waals surface area contributed by atoms with Gasteiger partial charge in [0.1, 0.15) is 6.04 Å². The summed E-state index contributed by atoms with van der Waals surface area (Å²) < 4.78 is 24.4. The highest BCUT2D eigenvalue weighted by Crippen LogP contribution is 2.39. The van der Waals surface area contributed by atoms with Crippen molar-refractivity contribution >= 4 is 11.9 Å². The van der Waals surface area contributed by atoms with E-state index in [1.54, 1.807) is 0 Å². The molecule has 0 bridgehead atoms. The zero-order valence-electron chi connectivity index (χ0n) is 13.9. The van der Waals surface area contributed by atoms with Crippen LogP contribution in [0.4, 0.5) is 4.39 Å². The third-order valence-electron chi connectivity index (χ3n) is 3.08. The molecule has 1 aromatic carbocycles. The SMILES string of the molecule is CC.COc1c(C)c(C(N)=O)c(CC(N)C(=O)O)c(F)c1OC. The highest BCUT2D eigenvalue weighted by molar-refractivity contribution is 5.97. The van der Waals surface area contributed by atoms with E-state index in [0.29, 0.717) is 0 Å². The zero-order chi connectivity index (χ0) is 18.3. The van der Waals surface area contributed by atoms with Crippen LogP contribution in [0.1, 0.15) is 35.3 Å². The van der Waals surface area contributed by atoms with Crippen molar-refractivity contribution in [1.29, 1.82) is 0 Å². The Labute approximate surface area is 134 Å². The van der Waals surface area contributed by atoms with Gasteiger partial charge < -0.3 is 26.0 Å². The molecule has 0 aromatic heterocycles. The van der Waals surface area contributed by atoms with Gasteiger partial charge in [-0.3, -0.25) is 9.59 Å². The molecule has 0 aliphatic rings. The second kappa shape index (κ2) is 8.94. The number of hydrogen-bond acceptors (Lipinski definition) is 5. The molecule has 5 N–H and O–H groups in total. The van der Waals surface area contributed by atoms with Crippen LogP contribution >= 0.6 is 0 Å². The van der Waals surface area contributed by atoms with Gasteiger partial charge in [-0.1, -0.05) is 13.8 Å². The molecule has 0 saturated carbocycles. The van der Waals surface area contributed by atoms with E-state index in [0.717, 1.165) is 0 Å². The maximum atomic E-state index is 14.5. The molecule has 0 spiro atoms. The van der Waals surface area contributed by atoms with Crippen LogP contribution in [0.3, 0.4) is 0 Å². The number of carbonyl (C=O) groups is 2. The average molecular weight is 330 g/mol. The highest BCUT2D eigenvalue weighted by atomic mass is 19.1. The number of carboxylic acids is 1. The van der Waals surface area contributed by atoms with Gasteiger partial charge in [0.2, 0.25) is 5.91 Å². The Morgan fingerprint density at radius 3 is 2.04 bits per heavy atom. The van der Waals surface area contributed by atoms with Crippen LogP contribution in [0, 0.1) is 12.7 Å². The lowest BCUT2D eigenvalue weighted by Crippen LogP contribution is -2.34. The summed E-state index contributed by atoms with van der Waals surface area (Å²) in [5.41, 5.74) is 10.6. The van der Waals surface area contributed by atoms with Crippen molar-refractivity contribution in [2.45, 2.75) is 33.2 Å². The molecule has 0 fully saturated rings. The molecule has 0 aliphatic carbocycles. The number of benzene rings is 1. The maximum absolute atomic E-state index is 14.5. The summed E-state index contributed by atoms with van der Waals surface area (Å²) in [5, 5.41) is 8.84. The van der Waals surface area contributed by atoms with Gasteiger partial charge in [-0.2, -0.15) is 0 Å². The largest absolute Gasteiger partial charge is 0.492 e. The molecule has 130 valence electrons. The van der Waals surface area contributed by atoms with E-state index >= 15 is 0 Å². The zero-order valence-corrected chi connectivity index (χ0v) is 13.9. The number of rotatable bonds is 6. The summed E-state index contributed by atoms with van der Waals surface area (Å²) in [5.74, 6) is -3.34. The molecule has 1 rings (SSSR count). The number of amides is 1. The van der Waals surface area contributed by atoms with E-state index < -0.39 is 30.2 Å². The van der Waals surface area contributed by atoms with E-state index in [-0.39, 0.29) is 28.2 Å². The first-order chi connectivity index (χ1) is 10.8. The summed E-state index contributed by atoms with van der Waals surface area (Å²) in [6.07, 6.45) is -0.402. The van der Waals surface area contributed by atoms with Crippen LogP contribution in [0.2, 0.25) is 0 Å². The van der Waals surface area contributed by atoms with E-state index in [2.05, 4.69) is 0 Å². The minimum Gasteiger partial charge on any atom is -0.492 e. The lowest BCUT2D eigenvalue weighted by molar-refractivity contribution is -0.138. The van der Waals surface area contributed by atoms with Crippen LogP contribution < -0.4 is 20.9 Å². The van der Waals surface area contributed by atoms with Crippen molar-refractivity contribution in [3.63, 3.8) is 0 Å². The fourth-order valence-electron chi connectivity index (χ4n) is 2.12. The summed E-state index contributed by atoms with van der Waals surface area (Å²) >= 11 is 0. The number of carbonyl (C=O) groups excluding carboxylic acids is 1. The van der Waals surface area contributed by atoms with Gasteiger partial charge in [0, 0.05) is 17.5 Å². The van der Waals surface area contributed by atoms with Crippen LogP contribution in [0.5, 0.6) is 11.5 Å². The third-order valence-corrected chi connectivity index (χ3v) is 3.08. The molecule has 0 saturated heterocycles. The van der Waals surface area contributed by atoms with E-state index in [4.69, 9.17) is 26.0 Å². The highest BCUT2D eigenvalue weighted by Gasteiger charge is 2.28. The first kappa shape index (κ1) is 20.6. The quantitative estimate of drug-likeness (QED) is 0.720. The summed E-state index contributed by atoms with van der Waals surface area (Å²) in [6, 6.07) is -1.38. The number of primary amides is 1. The van der Waals surface area contributed by atoms with Crippen molar-refractivity contribution < 1.29 is 28.6 Å². The van der Waals surface area contributed by atoms with Crippen molar-refractivity contribution in [2.24, 2.45) is 11.5 Å². The topological polar surface area (TPSA) is 125 Å². The lowest BCUT2D eigenvalue weighted by atomic mass is 9.94. The summed E-state index contributed by atoms with van der Waals surface area (Å²) in [6.45, 7) is 5.50. The molecule has 23 heavy (non-hydrogen) atoms. The predicted molar refractivity (Wildman–Crippen MR) is 83.4 cm³/mol. The van der Waals surface area contributed by atoms with Gasteiger partial charge in [-0.25, -0.2) is 4.39 Å². The fraction of sp³-hybridized carbons (Fsp3) is 0.467. The lowest BCUT2D eigenvalue weighted by Gasteiger charge is -2.19. The number of halogens is 1. The Hall–Kier alpha value is -2.35. The summed E-state index contributed by atoms with van der Waals surface area (Å²) in [4.78, 5) is 22.4. The Bertz CT molecular complexity index is 590. The molecule has 1 unspecified atom stereocenters. The molecule has 1 atom stereocenters. The number of nitrogens with two attached hydrogens (primary N) is 2. The fourth-order valence-corrected chi connectivity index (χ4v) is 2.12. The predicted octanol–water partition coefficient (Wildman–Crippen LogP) is 1.23. The van der Waals surface area contributed by atoms with Gasteiger partial charge in [-0.15, -0.1) is 0 Å². The number of hydrogen-bond donors (Lipinski definition) is 3. The smallest absolute Gasteiger partial charge is 0.320 e. The second-order valence-electron chi connectivity index (χ2n) is 4.37.